The fraction of sp³-hybridized carbons (Fsp3) is 0.240. The number of aromatic nitrogens is 3. The van der Waals surface area contributed by atoms with Gasteiger partial charge in [-0.2, -0.15) is 0 Å². The Kier molecular flexibility index (Phi) is 5.33. The van der Waals surface area contributed by atoms with Crippen molar-refractivity contribution in [3.63, 3.8) is 0 Å². The van der Waals surface area contributed by atoms with Gasteiger partial charge >= 0.3 is 6.03 Å². The predicted molar refractivity (Wildman–Crippen MR) is 124 cm³/mol. The molecule has 3 heterocycles. The number of carbonyl (C=O) groups excluding carboxylic acids is 1. The molecule has 162 valence electrons. The van der Waals surface area contributed by atoms with Crippen LogP contribution in [0.2, 0.25) is 0 Å². The molecule has 0 spiro atoms. The number of fused-ring (bicyclic) bond motifs is 2. The van der Waals surface area contributed by atoms with Crippen molar-refractivity contribution in [3.8, 4) is 11.6 Å². The van der Waals surface area contributed by atoms with Crippen molar-refractivity contribution < 1.29 is 9.53 Å². The van der Waals surface area contributed by atoms with E-state index in [1.165, 1.54) is 0 Å². The van der Waals surface area contributed by atoms with Crippen molar-refractivity contribution in [3.05, 3.63) is 77.9 Å². The molecular formula is C25H25N5O2. The van der Waals surface area contributed by atoms with Gasteiger partial charge < -0.3 is 10.1 Å². The van der Waals surface area contributed by atoms with E-state index in [9.17, 15) is 4.79 Å². The number of nitrogens with zero attached hydrogens (tertiary/aromatic N) is 4. The van der Waals surface area contributed by atoms with Gasteiger partial charge in [0.2, 0.25) is 5.88 Å². The number of nitrogens with one attached hydrogen (secondary N) is 1. The lowest BCUT2D eigenvalue weighted by Gasteiger charge is -2.27. The molecule has 0 saturated carbocycles. The molecule has 1 aliphatic rings. The van der Waals surface area contributed by atoms with Crippen LogP contribution in [0.25, 0.3) is 10.9 Å². The smallest absolute Gasteiger partial charge is 0.330 e. The van der Waals surface area contributed by atoms with Crippen LogP contribution in [0.3, 0.4) is 0 Å². The van der Waals surface area contributed by atoms with Gasteiger partial charge in [0.15, 0.2) is 0 Å². The van der Waals surface area contributed by atoms with Crippen LogP contribution in [0.4, 0.5) is 10.5 Å². The third-order valence-corrected chi connectivity index (χ3v) is 5.85. The number of hydrogen-bond acceptors (Lipinski definition) is 5. The average Bonchev–Trinajstić information content (AvgIpc) is 3.22. The highest BCUT2D eigenvalue weighted by Crippen LogP contribution is 2.30. The van der Waals surface area contributed by atoms with Crippen LogP contribution in [0.5, 0.6) is 11.6 Å². The maximum Gasteiger partial charge on any atom is 0.330 e. The topological polar surface area (TPSA) is 72.3 Å². The first-order valence-corrected chi connectivity index (χ1v) is 10.8. The summed E-state index contributed by atoms with van der Waals surface area (Å²) in [7, 11) is 0. The molecule has 0 atom stereocenters. The van der Waals surface area contributed by atoms with E-state index in [1.54, 1.807) is 17.1 Å². The molecule has 5 rings (SSSR count). The Morgan fingerprint density at radius 2 is 2.06 bits per heavy atom. The molecule has 0 unspecified atom stereocenters. The molecular weight excluding hydrogens is 402 g/mol. The zero-order chi connectivity index (χ0) is 22.1. The standard InChI is InChI=1S/C25H25N5O2/c1-3-29-11-10-22-21(15-29)24(27-16-26-22)32-20-7-8-23-18(14-20)9-12-30(23)25(31)28-19-6-4-5-17(2)13-19/h4-9,12-14,16H,3,10-11,15H2,1-2H3,(H,28,31). The highest BCUT2D eigenvalue weighted by molar-refractivity contribution is 5.98. The van der Waals surface area contributed by atoms with Gasteiger partial charge in [-0.3, -0.25) is 9.47 Å². The molecule has 32 heavy (non-hydrogen) atoms. The largest absolute Gasteiger partial charge is 0.439 e. The summed E-state index contributed by atoms with van der Waals surface area (Å²) in [5.41, 5.74) is 4.78. The second-order valence-corrected chi connectivity index (χ2v) is 8.03. The lowest BCUT2D eigenvalue weighted by Crippen LogP contribution is -2.31. The van der Waals surface area contributed by atoms with Crippen molar-refractivity contribution >= 4 is 22.6 Å². The minimum absolute atomic E-state index is 0.205. The summed E-state index contributed by atoms with van der Waals surface area (Å²) >= 11 is 0. The third-order valence-electron chi connectivity index (χ3n) is 5.85. The maximum absolute atomic E-state index is 12.8. The normalized spacial score (nSPS) is 13.7. The van der Waals surface area contributed by atoms with Crippen LogP contribution in [0, 0.1) is 6.92 Å². The third kappa shape index (κ3) is 3.94. The van der Waals surface area contributed by atoms with E-state index in [0.29, 0.717) is 11.6 Å². The SMILES string of the molecule is CCN1CCc2ncnc(Oc3ccc4c(ccn4C(=O)Nc4cccc(C)c4)c3)c2C1. The summed E-state index contributed by atoms with van der Waals surface area (Å²) in [4.78, 5) is 24.0. The van der Waals surface area contributed by atoms with Crippen LogP contribution in [-0.2, 0) is 13.0 Å². The number of ether oxygens (including phenoxy) is 1. The van der Waals surface area contributed by atoms with Crippen molar-refractivity contribution in [2.45, 2.75) is 26.8 Å². The number of carbonyl (C=O) groups is 1. The van der Waals surface area contributed by atoms with Gasteiger partial charge in [-0.1, -0.05) is 19.1 Å². The number of benzene rings is 2. The first-order chi connectivity index (χ1) is 15.6. The highest BCUT2D eigenvalue weighted by atomic mass is 16.5. The summed E-state index contributed by atoms with van der Waals surface area (Å²) in [6.45, 7) is 6.93. The minimum atomic E-state index is -0.205. The Morgan fingerprint density at radius 3 is 2.91 bits per heavy atom. The van der Waals surface area contributed by atoms with Crippen LogP contribution in [0.15, 0.2) is 61.1 Å². The lowest BCUT2D eigenvalue weighted by molar-refractivity contribution is 0.254. The Bertz CT molecular complexity index is 1300. The second-order valence-electron chi connectivity index (χ2n) is 8.03. The number of likely N-dealkylation sites (N-methyl/N-ethyl adjacent to an activating group) is 1. The number of aryl methyl sites for hydroxylation is 1. The molecule has 2 aromatic carbocycles. The monoisotopic (exact) mass is 427 g/mol. The molecule has 0 aliphatic carbocycles. The minimum Gasteiger partial charge on any atom is -0.439 e. The molecule has 0 radical (unpaired) electrons. The van der Waals surface area contributed by atoms with Crippen LogP contribution < -0.4 is 10.1 Å². The summed E-state index contributed by atoms with van der Waals surface area (Å²) in [6.07, 6.45) is 4.24. The van der Waals surface area contributed by atoms with Crippen molar-refractivity contribution in [2.24, 2.45) is 0 Å². The molecule has 1 aliphatic heterocycles. The fourth-order valence-corrected chi connectivity index (χ4v) is 4.11. The van der Waals surface area contributed by atoms with Crippen molar-refractivity contribution in [2.75, 3.05) is 18.4 Å². The van der Waals surface area contributed by atoms with Crippen molar-refractivity contribution in [1.29, 1.82) is 0 Å². The maximum atomic E-state index is 12.8. The van der Waals surface area contributed by atoms with Gasteiger partial charge in [0.05, 0.1) is 16.8 Å². The van der Waals surface area contributed by atoms with E-state index >= 15 is 0 Å². The number of hydrogen-bond donors (Lipinski definition) is 1. The van der Waals surface area contributed by atoms with E-state index in [0.717, 1.165) is 59.5 Å². The van der Waals surface area contributed by atoms with Gasteiger partial charge in [-0.05, 0) is 55.4 Å². The second kappa shape index (κ2) is 8.43. The average molecular weight is 428 g/mol. The molecule has 7 heteroatoms. The zero-order valence-corrected chi connectivity index (χ0v) is 18.2. The molecule has 1 amide bonds. The molecule has 0 saturated heterocycles. The Hall–Kier alpha value is -3.71. The Morgan fingerprint density at radius 1 is 1.16 bits per heavy atom. The fourth-order valence-electron chi connectivity index (χ4n) is 4.11. The first kappa shape index (κ1) is 20.2. The van der Waals surface area contributed by atoms with Crippen molar-refractivity contribution in [1.82, 2.24) is 19.4 Å². The summed E-state index contributed by atoms with van der Waals surface area (Å²) in [5, 5.41) is 3.86. The van der Waals surface area contributed by atoms with E-state index in [1.807, 2.05) is 55.5 Å². The Labute approximate surface area is 186 Å². The van der Waals surface area contributed by atoms with E-state index in [4.69, 9.17) is 4.74 Å². The van der Waals surface area contributed by atoms with Crippen LogP contribution >= 0.6 is 0 Å². The number of rotatable bonds is 4. The molecule has 7 nitrogen and oxygen atoms in total. The lowest BCUT2D eigenvalue weighted by atomic mass is 10.1. The number of amides is 1. The number of anilines is 1. The van der Waals surface area contributed by atoms with Gasteiger partial charge in [-0.25, -0.2) is 14.8 Å². The molecule has 2 aromatic heterocycles. The zero-order valence-electron chi connectivity index (χ0n) is 18.2. The van der Waals surface area contributed by atoms with Gasteiger partial charge in [0, 0.05) is 36.8 Å². The first-order valence-electron chi connectivity index (χ1n) is 10.8. The highest BCUT2D eigenvalue weighted by Gasteiger charge is 2.21. The van der Waals surface area contributed by atoms with E-state index < -0.39 is 0 Å². The molecule has 4 aromatic rings. The van der Waals surface area contributed by atoms with E-state index in [-0.39, 0.29) is 6.03 Å². The molecule has 0 bridgehead atoms. The van der Waals surface area contributed by atoms with Crippen LogP contribution in [0.1, 0.15) is 23.7 Å². The summed E-state index contributed by atoms with van der Waals surface area (Å²) in [6, 6.07) is 15.1. The molecule has 0 fully saturated rings. The van der Waals surface area contributed by atoms with Gasteiger partial charge in [-0.15, -0.1) is 0 Å². The Balaban J connectivity index is 1.39. The van der Waals surface area contributed by atoms with E-state index in [2.05, 4.69) is 27.1 Å². The van der Waals surface area contributed by atoms with Crippen LogP contribution in [-0.4, -0.2) is 38.6 Å². The molecule has 1 N–H and O–H groups in total. The predicted octanol–water partition coefficient (Wildman–Crippen LogP) is 4.99. The van der Waals surface area contributed by atoms with Gasteiger partial charge in [0.25, 0.3) is 0 Å². The quantitative estimate of drug-likeness (QED) is 0.497. The summed E-state index contributed by atoms with van der Waals surface area (Å²) in [5.74, 6) is 1.29. The summed E-state index contributed by atoms with van der Waals surface area (Å²) < 4.78 is 7.77. The van der Waals surface area contributed by atoms with Gasteiger partial charge in [0.1, 0.15) is 12.1 Å².